The first-order valence-corrected chi connectivity index (χ1v) is 7.14. The van der Waals surface area contributed by atoms with Crippen molar-refractivity contribution in [1.29, 1.82) is 0 Å². The first-order valence-electron chi connectivity index (χ1n) is 6.34. The van der Waals surface area contributed by atoms with Gasteiger partial charge in [-0.2, -0.15) is 0 Å². The summed E-state index contributed by atoms with van der Waals surface area (Å²) in [6.45, 7) is 8.24. The predicted molar refractivity (Wildman–Crippen MR) is 77.7 cm³/mol. The van der Waals surface area contributed by atoms with Crippen LogP contribution in [0.25, 0.3) is 0 Å². The number of carbonyl (C=O) groups is 1. The molecule has 1 unspecified atom stereocenters. The molecule has 0 aliphatic heterocycles. The summed E-state index contributed by atoms with van der Waals surface area (Å²) >= 11 is 3.18. The van der Waals surface area contributed by atoms with Gasteiger partial charge in [-0.15, -0.1) is 0 Å². The topological polar surface area (TPSA) is 26.3 Å². The van der Waals surface area contributed by atoms with E-state index in [0.29, 0.717) is 16.6 Å². The molecule has 0 spiro atoms. The molecular formula is C15H20BrFO2. The van der Waals surface area contributed by atoms with Crippen molar-refractivity contribution >= 4 is 21.7 Å². The van der Waals surface area contributed by atoms with E-state index in [1.54, 1.807) is 12.1 Å². The van der Waals surface area contributed by atoms with Gasteiger partial charge in [0, 0.05) is 13.0 Å². The molecule has 2 nitrogen and oxygen atoms in total. The van der Waals surface area contributed by atoms with Gasteiger partial charge in [-0.3, -0.25) is 4.79 Å². The van der Waals surface area contributed by atoms with Crippen LogP contribution in [0.15, 0.2) is 22.7 Å². The first-order chi connectivity index (χ1) is 8.77. The van der Waals surface area contributed by atoms with Crippen LogP contribution in [0.1, 0.15) is 33.3 Å². The summed E-state index contributed by atoms with van der Waals surface area (Å²) in [6.07, 6.45) is -0.312. The number of hydrogen-bond acceptors (Lipinski definition) is 2. The van der Waals surface area contributed by atoms with Crippen molar-refractivity contribution in [3.05, 3.63) is 34.1 Å². The molecule has 0 saturated carbocycles. The van der Waals surface area contributed by atoms with Crippen molar-refractivity contribution in [3.8, 4) is 0 Å². The molecule has 0 aromatic heterocycles. The summed E-state index contributed by atoms with van der Waals surface area (Å²) in [6, 6.07) is 4.72. The lowest BCUT2D eigenvalue weighted by atomic mass is 9.84. The third-order valence-corrected chi connectivity index (χ3v) is 3.70. The summed E-state index contributed by atoms with van der Waals surface area (Å²) < 4.78 is 19.3. The zero-order valence-electron chi connectivity index (χ0n) is 11.8. The van der Waals surface area contributed by atoms with Gasteiger partial charge in [-0.1, -0.05) is 32.9 Å². The Morgan fingerprint density at radius 1 is 1.42 bits per heavy atom. The smallest absolute Gasteiger partial charge is 0.166 e. The molecule has 1 rings (SSSR count). The van der Waals surface area contributed by atoms with Crippen LogP contribution in [0.5, 0.6) is 0 Å². The van der Waals surface area contributed by atoms with E-state index < -0.39 is 6.10 Å². The van der Waals surface area contributed by atoms with Crippen LogP contribution in [0.4, 0.5) is 4.39 Å². The average Bonchev–Trinajstić information content (AvgIpc) is 2.30. The highest BCUT2D eigenvalue weighted by molar-refractivity contribution is 9.10. The molecule has 0 heterocycles. The van der Waals surface area contributed by atoms with Gasteiger partial charge < -0.3 is 4.74 Å². The third-order valence-electron chi connectivity index (χ3n) is 2.81. The lowest BCUT2D eigenvalue weighted by molar-refractivity contribution is -0.136. The lowest BCUT2D eigenvalue weighted by Crippen LogP contribution is -2.38. The third kappa shape index (κ3) is 4.39. The van der Waals surface area contributed by atoms with Gasteiger partial charge in [0.1, 0.15) is 11.9 Å². The molecule has 19 heavy (non-hydrogen) atoms. The molecule has 0 saturated heterocycles. The number of benzene rings is 1. The number of carbonyl (C=O) groups excluding carboxylic acids is 1. The second-order valence-corrected chi connectivity index (χ2v) is 6.35. The highest BCUT2D eigenvalue weighted by atomic mass is 79.9. The molecule has 1 aromatic rings. The van der Waals surface area contributed by atoms with Crippen LogP contribution in [-0.4, -0.2) is 18.5 Å². The summed E-state index contributed by atoms with van der Waals surface area (Å²) in [5, 5.41) is 0. The van der Waals surface area contributed by atoms with Crippen LogP contribution in [0.2, 0.25) is 0 Å². The maximum atomic E-state index is 13.4. The fourth-order valence-electron chi connectivity index (χ4n) is 1.96. The molecule has 0 amide bonds. The second-order valence-electron chi connectivity index (χ2n) is 5.56. The van der Waals surface area contributed by atoms with Crippen molar-refractivity contribution in [3.63, 3.8) is 0 Å². The fraction of sp³-hybridized carbons (Fsp3) is 0.533. The average molecular weight is 331 g/mol. The Balaban J connectivity index is 2.91. The summed E-state index contributed by atoms with van der Waals surface area (Å²) in [7, 11) is 0. The van der Waals surface area contributed by atoms with E-state index in [4.69, 9.17) is 4.74 Å². The van der Waals surface area contributed by atoms with Crippen LogP contribution < -0.4 is 0 Å². The molecule has 0 N–H and O–H groups in total. The zero-order valence-corrected chi connectivity index (χ0v) is 13.4. The van der Waals surface area contributed by atoms with E-state index in [1.807, 2.05) is 27.7 Å². The monoisotopic (exact) mass is 330 g/mol. The Hall–Kier alpha value is -0.740. The van der Waals surface area contributed by atoms with Crippen molar-refractivity contribution in [2.75, 3.05) is 6.61 Å². The highest BCUT2D eigenvalue weighted by Crippen LogP contribution is 2.26. The van der Waals surface area contributed by atoms with Gasteiger partial charge >= 0.3 is 0 Å². The van der Waals surface area contributed by atoms with Gasteiger partial charge in [-0.05, 0) is 39.9 Å². The molecule has 106 valence electrons. The Morgan fingerprint density at radius 2 is 2.05 bits per heavy atom. The number of hydrogen-bond donors (Lipinski definition) is 0. The number of halogens is 2. The lowest BCUT2D eigenvalue weighted by Gasteiger charge is -2.29. The standard InChI is InChI=1S/C15H20BrFO2/c1-5-19-14(15(2,3)4)12(18)9-10-7-6-8-11(17)13(10)16/h6-8,14H,5,9H2,1-4H3. The predicted octanol–water partition coefficient (Wildman–Crippen LogP) is 4.15. The van der Waals surface area contributed by atoms with Gasteiger partial charge in [0.2, 0.25) is 0 Å². The van der Waals surface area contributed by atoms with Crippen LogP contribution in [0, 0.1) is 11.2 Å². The number of ketones is 1. The molecular weight excluding hydrogens is 311 g/mol. The normalized spacial score (nSPS) is 13.4. The Bertz CT molecular complexity index is 452. The summed E-state index contributed by atoms with van der Waals surface area (Å²) in [5.41, 5.74) is 0.381. The molecule has 0 bridgehead atoms. The van der Waals surface area contributed by atoms with E-state index in [1.165, 1.54) is 6.07 Å². The summed E-state index contributed by atoms with van der Waals surface area (Å²) in [5.74, 6) is -0.380. The minimum absolute atomic E-state index is 0.0272. The maximum absolute atomic E-state index is 13.4. The Morgan fingerprint density at radius 3 is 2.58 bits per heavy atom. The van der Waals surface area contributed by atoms with Gasteiger partial charge in [-0.25, -0.2) is 4.39 Å². The number of ether oxygens (including phenoxy) is 1. The number of Topliss-reactive ketones (excluding diaryl/α,β-unsaturated/α-hetero) is 1. The van der Waals surface area contributed by atoms with Crippen LogP contribution in [0.3, 0.4) is 0 Å². The molecule has 0 aliphatic carbocycles. The molecule has 0 radical (unpaired) electrons. The Labute approximate surface area is 122 Å². The molecule has 0 fully saturated rings. The van der Waals surface area contributed by atoms with Crippen molar-refractivity contribution in [2.45, 2.75) is 40.2 Å². The van der Waals surface area contributed by atoms with Crippen LogP contribution >= 0.6 is 15.9 Å². The molecule has 1 aromatic carbocycles. The van der Waals surface area contributed by atoms with E-state index >= 15 is 0 Å². The Kier molecular flexibility index (Phi) is 5.68. The minimum Gasteiger partial charge on any atom is -0.370 e. The minimum atomic E-state index is -0.479. The molecule has 4 heteroatoms. The quantitative estimate of drug-likeness (QED) is 0.810. The largest absolute Gasteiger partial charge is 0.370 e. The van der Waals surface area contributed by atoms with Gasteiger partial charge in [0.25, 0.3) is 0 Å². The summed E-state index contributed by atoms with van der Waals surface area (Å²) in [4.78, 5) is 12.3. The maximum Gasteiger partial charge on any atom is 0.166 e. The van der Waals surface area contributed by atoms with E-state index in [-0.39, 0.29) is 23.4 Å². The van der Waals surface area contributed by atoms with Crippen molar-refractivity contribution in [1.82, 2.24) is 0 Å². The second kappa shape index (κ2) is 6.62. The SMILES string of the molecule is CCOC(C(=O)Cc1cccc(F)c1Br)C(C)(C)C. The van der Waals surface area contributed by atoms with Crippen molar-refractivity contribution in [2.24, 2.45) is 5.41 Å². The van der Waals surface area contributed by atoms with E-state index in [9.17, 15) is 9.18 Å². The molecule has 0 aliphatic rings. The number of rotatable bonds is 5. The first kappa shape index (κ1) is 16.3. The van der Waals surface area contributed by atoms with Crippen molar-refractivity contribution < 1.29 is 13.9 Å². The van der Waals surface area contributed by atoms with Gasteiger partial charge in [0.05, 0.1) is 4.47 Å². The van der Waals surface area contributed by atoms with Gasteiger partial charge in [0.15, 0.2) is 5.78 Å². The van der Waals surface area contributed by atoms with Crippen LogP contribution in [-0.2, 0) is 16.0 Å². The van der Waals surface area contributed by atoms with E-state index in [2.05, 4.69) is 15.9 Å². The molecule has 1 atom stereocenters. The fourth-order valence-corrected chi connectivity index (χ4v) is 2.36. The zero-order chi connectivity index (χ0) is 14.6. The van der Waals surface area contributed by atoms with E-state index in [0.717, 1.165) is 0 Å². The highest BCUT2D eigenvalue weighted by Gasteiger charge is 2.31.